The Morgan fingerprint density at radius 1 is 1.04 bits per heavy atom. The molecule has 1 aliphatic rings. The number of hydrogen-bond donors (Lipinski definition) is 1. The third kappa shape index (κ3) is 4.38. The third-order valence-electron chi connectivity index (χ3n) is 5.27. The maximum atomic E-state index is 15.5. The van der Waals surface area contributed by atoms with E-state index in [-0.39, 0.29) is 6.61 Å². The van der Waals surface area contributed by atoms with Gasteiger partial charge in [0.05, 0.1) is 6.61 Å². The van der Waals surface area contributed by atoms with E-state index in [2.05, 4.69) is 13.8 Å². The molecule has 1 heterocycles. The molecule has 0 amide bonds. The molecule has 4 atom stereocenters. The first kappa shape index (κ1) is 21.2. The predicted octanol–water partition coefficient (Wildman–Crippen LogP) is 4.72. The number of hydrogen-bond acceptors (Lipinski definition) is 4. The zero-order chi connectivity index (χ0) is 20.0. The van der Waals surface area contributed by atoms with Crippen molar-refractivity contribution in [2.24, 2.45) is 0 Å². The Morgan fingerprint density at radius 2 is 1.75 bits per heavy atom. The average molecular weight is 390 g/mol. The molecule has 1 fully saturated rings. The van der Waals surface area contributed by atoms with Crippen LogP contribution in [0.1, 0.15) is 45.1 Å². The first-order chi connectivity index (χ1) is 13.6. The fraction of sp³-hybridized carbons (Fsp3) is 0.565. The molecule has 0 aromatic heterocycles. The van der Waals surface area contributed by atoms with Gasteiger partial charge in [0.2, 0.25) is 5.79 Å². The number of ether oxygens (including phenoxy) is 3. The summed E-state index contributed by atoms with van der Waals surface area (Å²) in [4.78, 5) is 0. The molecule has 0 aliphatic carbocycles. The molecule has 5 heteroatoms. The van der Waals surface area contributed by atoms with Gasteiger partial charge in [0.15, 0.2) is 6.17 Å². The molecule has 1 saturated heterocycles. The Bertz CT molecular complexity index is 747. The van der Waals surface area contributed by atoms with Gasteiger partial charge in [-0.3, -0.25) is 0 Å². The molecule has 2 aromatic carbocycles. The van der Waals surface area contributed by atoms with E-state index in [9.17, 15) is 5.11 Å². The van der Waals surface area contributed by atoms with Crippen molar-refractivity contribution in [3.8, 4) is 0 Å². The summed E-state index contributed by atoms with van der Waals surface area (Å²) in [6, 6.07) is 13.1. The zero-order valence-electron chi connectivity index (χ0n) is 16.8. The summed E-state index contributed by atoms with van der Waals surface area (Å²) >= 11 is 0. The largest absolute Gasteiger partial charge is 0.379 e. The SMILES string of the molecule is CCCCOC[C@H]1OC(O)(c2cccc3ccccc23)[C@H](F)[C@@H]1OCCCC. The molecule has 0 saturated carbocycles. The van der Waals surface area contributed by atoms with Gasteiger partial charge >= 0.3 is 0 Å². The standard InChI is InChI=1S/C23H31FO4/c1-3-5-14-26-16-20-21(27-15-6-4-2)22(24)23(25,28-20)19-13-9-11-17-10-7-8-12-18(17)19/h7-13,20-22,25H,3-6,14-16H2,1-2H3/t20-,21-,22-,23?/m1/s1. The van der Waals surface area contributed by atoms with Crippen LogP contribution >= 0.6 is 0 Å². The fourth-order valence-corrected chi connectivity index (χ4v) is 3.65. The van der Waals surface area contributed by atoms with Crippen LogP contribution in [0.2, 0.25) is 0 Å². The van der Waals surface area contributed by atoms with Crippen LogP contribution in [0, 0.1) is 0 Å². The minimum atomic E-state index is -2.06. The lowest BCUT2D eigenvalue weighted by Gasteiger charge is -2.27. The van der Waals surface area contributed by atoms with Crippen molar-refractivity contribution >= 4 is 10.8 Å². The third-order valence-corrected chi connectivity index (χ3v) is 5.27. The molecule has 2 aromatic rings. The zero-order valence-corrected chi connectivity index (χ0v) is 16.8. The van der Waals surface area contributed by atoms with Gasteiger partial charge in [0, 0.05) is 18.8 Å². The van der Waals surface area contributed by atoms with Crippen LogP contribution in [-0.2, 0) is 20.0 Å². The quantitative estimate of drug-likeness (QED) is 0.596. The Labute approximate surface area is 166 Å². The summed E-state index contributed by atoms with van der Waals surface area (Å²) in [5.74, 6) is -2.06. The fourth-order valence-electron chi connectivity index (χ4n) is 3.65. The normalized spacial score (nSPS) is 27.5. The van der Waals surface area contributed by atoms with E-state index >= 15 is 4.39 Å². The monoisotopic (exact) mass is 390 g/mol. The van der Waals surface area contributed by atoms with Gasteiger partial charge in [0.1, 0.15) is 12.2 Å². The average Bonchev–Trinajstić information content (AvgIpc) is 2.96. The summed E-state index contributed by atoms with van der Waals surface area (Å²) in [6.45, 7) is 5.36. The molecular weight excluding hydrogens is 359 g/mol. The highest BCUT2D eigenvalue weighted by atomic mass is 19.1. The minimum Gasteiger partial charge on any atom is -0.379 e. The second-order valence-electron chi connectivity index (χ2n) is 7.40. The van der Waals surface area contributed by atoms with Crippen LogP contribution in [-0.4, -0.2) is 43.3 Å². The van der Waals surface area contributed by atoms with Crippen LogP contribution < -0.4 is 0 Å². The van der Waals surface area contributed by atoms with E-state index in [0.717, 1.165) is 36.5 Å². The maximum Gasteiger partial charge on any atom is 0.228 e. The van der Waals surface area contributed by atoms with Crippen molar-refractivity contribution in [1.29, 1.82) is 0 Å². The lowest BCUT2D eigenvalue weighted by molar-refractivity contribution is -0.228. The number of aliphatic hydroxyl groups is 1. The van der Waals surface area contributed by atoms with Gasteiger partial charge in [-0.15, -0.1) is 0 Å². The van der Waals surface area contributed by atoms with Gasteiger partial charge in [-0.05, 0) is 23.6 Å². The Kier molecular flexibility index (Phi) is 7.41. The minimum absolute atomic E-state index is 0.199. The maximum absolute atomic E-state index is 15.5. The van der Waals surface area contributed by atoms with E-state index in [4.69, 9.17) is 14.2 Å². The van der Waals surface area contributed by atoms with Gasteiger partial charge < -0.3 is 19.3 Å². The van der Waals surface area contributed by atoms with E-state index in [1.807, 2.05) is 36.4 Å². The summed E-state index contributed by atoms with van der Waals surface area (Å²) in [6.07, 6.45) is 0.517. The number of unbranched alkanes of at least 4 members (excludes halogenated alkanes) is 2. The molecule has 28 heavy (non-hydrogen) atoms. The van der Waals surface area contributed by atoms with Gasteiger partial charge in [-0.25, -0.2) is 4.39 Å². The van der Waals surface area contributed by atoms with Gasteiger partial charge in [-0.1, -0.05) is 69.2 Å². The molecule has 1 aliphatic heterocycles. The van der Waals surface area contributed by atoms with Crippen molar-refractivity contribution < 1.29 is 23.7 Å². The van der Waals surface area contributed by atoms with Crippen molar-refractivity contribution in [2.75, 3.05) is 19.8 Å². The molecular formula is C23H31FO4. The van der Waals surface area contributed by atoms with Crippen molar-refractivity contribution in [3.05, 3.63) is 48.0 Å². The molecule has 3 rings (SSSR count). The first-order valence-corrected chi connectivity index (χ1v) is 10.3. The highest BCUT2D eigenvalue weighted by molar-refractivity contribution is 5.86. The number of fused-ring (bicyclic) bond motifs is 1. The highest BCUT2D eigenvalue weighted by Crippen LogP contribution is 2.43. The van der Waals surface area contributed by atoms with Crippen LogP contribution in [0.3, 0.4) is 0 Å². The summed E-state index contributed by atoms with van der Waals surface area (Å²) in [7, 11) is 0. The number of benzene rings is 2. The number of rotatable bonds is 10. The molecule has 154 valence electrons. The van der Waals surface area contributed by atoms with Gasteiger partial charge in [-0.2, -0.15) is 0 Å². The molecule has 0 bridgehead atoms. The van der Waals surface area contributed by atoms with Crippen LogP contribution in [0.25, 0.3) is 10.8 Å². The number of halogens is 1. The Morgan fingerprint density at radius 3 is 2.54 bits per heavy atom. The highest BCUT2D eigenvalue weighted by Gasteiger charge is 2.57. The van der Waals surface area contributed by atoms with E-state index in [1.165, 1.54) is 0 Å². The van der Waals surface area contributed by atoms with Crippen molar-refractivity contribution in [2.45, 2.75) is 63.7 Å². The van der Waals surface area contributed by atoms with E-state index in [1.54, 1.807) is 6.07 Å². The summed E-state index contributed by atoms with van der Waals surface area (Å²) in [5.41, 5.74) is 0.429. The van der Waals surface area contributed by atoms with E-state index in [0.29, 0.717) is 18.8 Å². The van der Waals surface area contributed by atoms with Crippen molar-refractivity contribution in [3.63, 3.8) is 0 Å². The molecule has 0 radical (unpaired) electrons. The summed E-state index contributed by atoms with van der Waals surface area (Å²) < 4.78 is 32.9. The molecule has 1 N–H and O–H groups in total. The summed E-state index contributed by atoms with van der Waals surface area (Å²) in [5, 5.41) is 13.0. The molecule has 4 nitrogen and oxygen atoms in total. The number of alkyl halides is 1. The lowest BCUT2D eigenvalue weighted by atomic mass is 9.94. The Hall–Kier alpha value is -1.53. The van der Waals surface area contributed by atoms with E-state index < -0.39 is 24.2 Å². The lowest BCUT2D eigenvalue weighted by Crippen LogP contribution is -2.39. The van der Waals surface area contributed by atoms with Crippen molar-refractivity contribution in [1.82, 2.24) is 0 Å². The predicted molar refractivity (Wildman–Crippen MR) is 108 cm³/mol. The van der Waals surface area contributed by atoms with Crippen LogP contribution in [0.4, 0.5) is 4.39 Å². The van der Waals surface area contributed by atoms with Crippen LogP contribution in [0.5, 0.6) is 0 Å². The first-order valence-electron chi connectivity index (χ1n) is 10.3. The smallest absolute Gasteiger partial charge is 0.228 e. The molecule has 1 unspecified atom stereocenters. The topological polar surface area (TPSA) is 47.9 Å². The molecule has 0 spiro atoms. The van der Waals surface area contributed by atoms with Gasteiger partial charge in [0.25, 0.3) is 0 Å². The van der Waals surface area contributed by atoms with Crippen LogP contribution in [0.15, 0.2) is 42.5 Å². The second-order valence-corrected chi connectivity index (χ2v) is 7.40. The Balaban J connectivity index is 1.86. The second kappa shape index (κ2) is 9.79.